The zero-order valence-corrected chi connectivity index (χ0v) is 10.1. The van der Waals surface area contributed by atoms with E-state index in [-0.39, 0.29) is 12.6 Å². The molecule has 1 fully saturated rings. The molecule has 1 aliphatic rings. The molecule has 9 heteroatoms. The molecule has 0 aliphatic carbocycles. The predicted octanol–water partition coefficient (Wildman–Crippen LogP) is 0.292. The standard InChI is InChI=1S/C9H12N4O4S/c14-7(15)6-2-1-5(17-6)3-10-8(16)12-9-13-11-4-18-9/h4-6H,1-3H2,(H,14,15)(H2,10,12,13,16). The van der Waals surface area contributed by atoms with Gasteiger partial charge in [0.15, 0.2) is 6.10 Å². The van der Waals surface area contributed by atoms with Crippen LogP contribution in [-0.4, -0.2) is 46.1 Å². The molecule has 1 aliphatic heterocycles. The number of amides is 2. The second-order valence-corrected chi connectivity index (χ2v) is 4.57. The fourth-order valence-corrected chi connectivity index (χ4v) is 2.05. The first kappa shape index (κ1) is 12.7. The van der Waals surface area contributed by atoms with Gasteiger partial charge < -0.3 is 15.2 Å². The molecule has 1 aromatic rings. The van der Waals surface area contributed by atoms with Crippen LogP contribution in [0.3, 0.4) is 0 Å². The number of rotatable bonds is 4. The van der Waals surface area contributed by atoms with Crippen LogP contribution in [0.1, 0.15) is 12.8 Å². The van der Waals surface area contributed by atoms with Gasteiger partial charge in [-0.15, -0.1) is 10.2 Å². The number of carboxylic acid groups (broad SMARTS) is 1. The summed E-state index contributed by atoms with van der Waals surface area (Å²) in [5.41, 5.74) is 1.51. The molecular formula is C9H12N4O4S. The van der Waals surface area contributed by atoms with E-state index in [0.29, 0.717) is 18.0 Å². The number of carbonyl (C=O) groups excluding carboxylic acids is 1. The van der Waals surface area contributed by atoms with Gasteiger partial charge in [-0.1, -0.05) is 11.3 Å². The molecular weight excluding hydrogens is 260 g/mol. The third-order valence-electron chi connectivity index (χ3n) is 2.45. The van der Waals surface area contributed by atoms with E-state index in [9.17, 15) is 9.59 Å². The van der Waals surface area contributed by atoms with E-state index in [1.54, 1.807) is 0 Å². The smallest absolute Gasteiger partial charge is 0.332 e. The van der Waals surface area contributed by atoms with Crippen molar-refractivity contribution in [2.75, 3.05) is 11.9 Å². The maximum atomic E-state index is 11.4. The molecule has 2 heterocycles. The van der Waals surface area contributed by atoms with Crippen molar-refractivity contribution in [2.45, 2.75) is 25.0 Å². The number of aliphatic carboxylic acids is 1. The molecule has 98 valence electrons. The lowest BCUT2D eigenvalue weighted by Crippen LogP contribution is -2.35. The minimum absolute atomic E-state index is 0.258. The van der Waals surface area contributed by atoms with Gasteiger partial charge in [-0.05, 0) is 12.8 Å². The minimum Gasteiger partial charge on any atom is -0.479 e. The number of hydrogen-bond acceptors (Lipinski definition) is 6. The lowest BCUT2D eigenvalue weighted by molar-refractivity contribution is -0.149. The number of nitrogens with zero attached hydrogens (tertiary/aromatic N) is 2. The van der Waals surface area contributed by atoms with Crippen LogP contribution in [0, 0.1) is 0 Å². The van der Waals surface area contributed by atoms with Crippen LogP contribution in [0.2, 0.25) is 0 Å². The van der Waals surface area contributed by atoms with Gasteiger partial charge in [-0.25, -0.2) is 9.59 Å². The third-order valence-corrected chi connectivity index (χ3v) is 3.06. The summed E-state index contributed by atoms with van der Waals surface area (Å²) in [5.74, 6) is -0.962. The van der Waals surface area contributed by atoms with Crippen molar-refractivity contribution in [1.29, 1.82) is 0 Å². The molecule has 0 radical (unpaired) electrons. The van der Waals surface area contributed by atoms with Gasteiger partial charge in [0.05, 0.1) is 6.10 Å². The first-order chi connectivity index (χ1) is 8.65. The van der Waals surface area contributed by atoms with E-state index < -0.39 is 18.1 Å². The van der Waals surface area contributed by atoms with E-state index in [4.69, 9.17) is 9.84 Å². The van der Waals surface area contributed by atoms with Crippen molar-refractivity contribution >= 4 is 28.5 Å². The SMILES string of the molecule is O=C(NCC1CCC(C(=O)O)O1)Nc1nncs1. The molecule has 0 saturated carbocycles. The van der Waals surface area contributed by atoms with Crippen molar-refractivity contribution in [3.63, 3.8) is 0 Å². The number of ether oxygens (including phenoxy) is 1. The second kappa shape index (κ2) is 5.74. The molecule has 2 atom stereocenters. The van der Waals surface area contributed by atoms with Gasteiger partial charge in [-0.3, -0.25) is 5.32 Å². The number of aromatic nitrogens is 2. The lowest BCUT2D eigenvalue weighted by atomic mass is 10.2. The van der Waals surface area contributed by atoms with E-state index in [1.165, 1.54) is 16.8 Å². The molecule has 1 aromatic heterocycles. The molecule has 0 spiro atoms. The van der Waals surface area contributed by atoms with Crippen LogP contribution in [0.4, 0.5) is 9.93 Å². The first-order valence-corrected chi connectivity index (χ1v) is 6.22. The number of carbonyl (C=O) groups is 2. The largest absolute Gasteiger partial charge is 0.479 e. The Balaban J connectivity index is 1.69. The fourth-order valence-electron chi connectivity index (χ4n) is 1.61. The van der Waals surface area contributed by atoms with Crippen molar-refractivity contribution in [2.24, 2.45) is 0 Å². The van der Waals surface area contributed by atoms with Gasteiger partial charge in [-0.2, -0.15) is 0 Å². The lowest BCUT2D eigenvalue weighted by Gasteiger charge is -2.12. The highest BCUT2D eigenvalue weighted by molar-refractivity contribution is 7.13. The van der Waals surface area contributed by atoms with Crippen LogP contribution in [0.5, 0.6) is 0 Å². The number of anilines is 1. The molecule has 3 N–H and O–H groups in total. The Labute approximate surface area is 106 Å². The van der Waals surface area contributed by atoms with Gasteiger partial charge >= 0.3 is 12.0 Å². The Morgan fingerprint density at radius 2 is 2.39 bits per heavy atom. The first-order valence-electron chi connectivity index (χ1n) is 5.34. The summed E-state index contributed by atoms with van der Waals surface area (Å²) in [6, 6.07) is -0.408. The predicted molar refractivity (Wildman–Crippen MR) is 62.5 cm³/mol. The summed E-state index contributed by atoms with van der Waals surface area (Å²) in [7, 11) is 0. The third kappa shape index (κ3) is 3.37. The Hall–Kier alpha value is -1.74. The zero-order chi connectivity index (χ0) is 13.0. The Kier molecular flexibility index (Phi) is 4.05. The molecule has 1 saturated heterocycles. The van der Waals surface area contributed by atoms with Crippen molar-refractivity contribution in [3.8, 4) is 0 Å². The van der Waals surface area contributed by atoms with Crippen molar-refractivity contribution < 1.29 is 19.4 Å². The number of hydrogen-bond donors (Lipinski definition) is 3. The van der Waals surface area contributed by atoms with Crippen LogP contribution >= 0.6 is 11.3 Å². The maximum absolute atomic E-state index is 11.4. The van der Waals surface area contributed by atoms with E-state index in [1.807, 2.05) is 0 Å². The van der Waals surface area contributed by atoms with Crippen LogP contribution in [0.15, 0.2) is 5.51 Å². The Morgan fingerprint density at radius 3 is 3.00 bits per heavy atom. The fraction of sp³-hybridized carbons (Fsp3) is 0.556. The monoisotopic (exact) mass is 272 g/mol. The molecule has 2 rings (SSSR count). The number of carboxylic acids is 1. The van der Waals surface area contributed by atoms with Gasteiger partial charge in [0.25, 0.3) is 0 Å². The van der Waals surface area contributed by atoms with Gasteiger partial charge in [0.2, 0.25) is 5.13 Å². The summed E-state index contributed by atoms with van der Waals surface area (Å²) >= 11 is 1.21. The van der Waals surface area contributed by atoms with E-state index in [2.05, 4.69) is 20.8 Å². The Bertz CT molecular complexity index is 424. The normalized spacial score (nSPS) is 22.7. The topological polar surface area (TPSA) is 113 Å². The van der Waals surface area contributed by atoms with Crippen LogP contribution < -0.4 is 10.6 Å². The second-order valence-electron chi connectivity index (χ2n) is 3.74. The zero-order valence-electron chi connectivity index (χ0n) is 9.33. The molecule has 2 unspecified atom stereocenters. The van der Waals surface area contributed by atoms with Crippen LogP contribution in [0.25, 0.3) is 0 Å². The molecule has 8 nitrogen and oxygen atoms in total. The molecule has 2 amide bonds. The highest BCUT2D eigenvalue weighted by Gasteiger charge is 2.30. The summed E-state index contributed by atoms with van der Waals surface area (Å²) in [4.78, 5) is 22.1. The maximum Gasteiger partial charge on any atom is 0.332 e. The van der Waals surface area contributed by atoms with Gasteiger partial charge in [0.1, 0.15) is 5.51 Å². The van der Waals surface area contributed by atoms with Gasteiger partial charge in [0, 0.05) is 6.54 Å². The van der Waals surface area contributed by atoms with Crippen molar-refractivity contribution in [1.82, 2.24) is 15.5 Å². The van der Waals surface area contributed by atoms with E-state index >= 15 is 0 Å². The number of nitrogens with one attached hydrogen (secondary N) is 2. The van der Waals surface area contributed by atoms with E-state index in [0.717, 1.165) is 0 Å². The van der Waals surface area contributed by atoms with Crippen LogP contribution in [-0.2, 0) is 9.53 Å². The van der Waals surface area contributed by atoms with Crippen molar-refractivity contribution in [3.05, 3.63) is 5.51 Å². The molecule has 18 heavy (non-hydrogen) atoms. The summed E-state index contributed by atoms with van der Waals surface area (Å²) < 4.78 is 5.24. The summed E-state index contributed by atoms with van der Waals surface area (Å²) in [6.07, 6.45) is 0.0738. The quantitative estimate of drug-likeness (QED) is 0.726. The summed E-state index contributed by atoms with van der Waals surface area (Å²) in [5, 5.41) is 21.5. The molecule has 0 aromatic carbocycles. The summed E-state index contributed by atoms with van der Waals surface area (Å²) in [6.45, 7) is 0.272. The average molecular weight is 272 g/mol. The average Bonchev–Trinajstić information content (AvgIpc) is 2.96. The Morgan fingerprint density at radius 1 is 1.56 bits per heavy atom. The highest BCUT2D eigenvalue weighted by atomic mass is 32.1. The highest BCUT2D eigenvalue weighted by Crippen LogP contribution is 2.19. The molecule has 0 bridgehead atoms. The minimum atomic E-state index is -0.962. The number of urea groups is 1.